The molecule has 6 heteroatoms. The fourth-order valence-corrected chi connectivity index (χ4v) is 2.75. The van der Waals surface area contributed by atoms with Gasteiger partial charge >= 0.3 is 0 Å². The monoisotopic (exact) mass is 371 g/mol. The van der Waals surface area contributed by atoms with Gasteiger partial charge in [0.25, 0.3) is 0 Å². The van der Waals surface area contributed by atoms with Gasteiger partial charge in [0, 0.05) is 18.1 Å². The average molecular weight is 372 g/mol. The number of aromatic nitrogens is 2. The van der Waals surface area contributed by atoms with Crippen molar-refractivity contribution in [1.29, 1.82) is 0 Å². The molecule has 0 unspecified atom stereocenters. The van der Waals surface area contributed by atoms with Crippen molar-refractivity contribution in [2.24, 2.45) is 0 Å². The second kappa shape index (κ2) is 7.79. The van der Waals surface area contributed by atoms with Gasteiger partial charge in [0.1, 0.15) is 24.7 Å². The molecule has 0 saturated carbocycles. The number of benzene rings is 2. The number of carbonyl (C=O) groups is 1. The zero-order valence-corrected chi connectivity index (χ0v) is 15.9. The second-order valence-electron chi connectivity index (χ2n) is 6.44. The van der Waals surface area contributed by atoms with E-state index in [-0.39, 0.29) is 25.1 Å². The van der Waals surface area contributed by atoms with Gasteiger partial charge in [-0.1, -0.05) is 23.7 Å². The van der Waals surface area contributed by atoms with Crippen LogP contribution >= 0.6 is 11.6 Å². The number of amides is 1. The molecule has 0 aliphatic rings. The van der Waals surface area contributed by atoms with Gasteiger partial charge in [0.05, 0.1) is 11.0 Å². The fourth-order valence-electron chi connectivity index (χ4n) is 2.63. The molecule has 2 aromatic carbocycles. The summed E-state index contributed by atoms with van der Waals surface area (Å²) in [6.45, 7) is 4.49. The molecule has 0 spiro atoms. The summed E-state index contributed by atoms with van der Waals surface area (Å²) >= 11 is 5.91. The largest absolute Gasteiger partial charge is 0.486 e. The zero-order valence-electron chi connectivity index (χ0n) is 15.1. The zero-order chi connectivity index (χ0) is 18.7. The van der Waals surface area contributed by atoms with Gasteiger partial charge in [-0.2, -0.15) is 0 Å². The van der Waals surface area contributed by atoms with E-state index in [1.807, 2.05) is 61.9 Å². The third kappa shape index (κ3) is 3.99. The average Bonchev–Trinajstić information content (AvgIpc) is 2.98. The van der Waals surface area contributed by atoms with Crippen LogP contribution in [0.5, 0.6) is 5.75 Å². The van der Waals surface area contributed by atoms with E-state index in [4.69, 9.17) is 16.3 Å². The molecule has 3 aromatic rings. The molecule has 0 aliphatic carbocycles. The van der Waals surface area contributed by atoms with Crippen LogP contribution in [0, 0.1) is 0 Å². The summed E-state index contributed by atoms with van der Waals surface area (Å²) in [5.41, 5.74) is 1.77. The Balaban J connectivity index is 1.86. The molecule has 0 atom stereocenters. The highest BCUT2D eigenvalue weighted by Crippen LogP contribution is 2.20. The van der Waals surface area contributed by atoms with E-state index in [0.717, 1.165) is 11.0 Å². The molecule has 0 radical (unpaired) electrons. The molecule has 0 bridgehead atoms. The van der Waals surface area contributed by atoms with Crippen LogP contribution in [0.1, 0.15) is 19.7 Å². The van der Waals surface area contributed by atoms with E-state index in [1.54, 1.807) is 17.0 Å². The van der Waals surface area contributed by atoms with Gasteiger partial charge in [-0.05, 0) is 50.2 Å². The van der Waals surface area contributed by atoms with Crippen molar-refractivity contribution in [1.82, 2.24) is 14.5 Å². The number of carbonyl (C=O) groups excluding carboxylic acids is 1. The van der Waals surface area contributed by atoms with Crippen molar-refractivity contribution in [2.45, 2.75) is 33.0 Å². The molecule has 26 heavy (non-hydrogen) atoms. The Hall–Kier alpha value is -2.53. The van der Waals surface area contributed by atoms with Gasteiger partial charge in [-0.25, -0.2) is 4.98 Å². The molecular formula is C20H22ClN3O2. The third-order valence-corrected chi connectivity index (χ3v) is 4.63. The van der Waals surface area contributed by atoms with Gasteiger partial charge in [-0.15, -0.1) is 0 Å². The molecule has 5 nitrogen and oxygen atoms in total. The lowest BCUT2D eigenvalue weighted by molar-refractivity contribution is -0.131. The standard InChI is InChI=1S/C20H22ClN3O2/c1-14(2)23(3)20(25)12-24-18-7-5-4-6-17(18)22-19(24)13-26-16-10-8-15(21)9-11-16/h4-11,14H,12-13H2,1-3H3. The van der Waals surface area contributed by atoms with Crippen LogP contribution < -0.4 is 4.74 Å². The van der Waals surface area contributed by atoms with E-state index >= 15 is 0 Å². The lowest BCUT2D eigenvalue weighted by atomic mass is 10.3. The Morgan fingerprint density at radius 3 is 2.58 bits per heavy atom. The first-order valence-corrected chi connectivity index (χ1v) is 8.91. The number of ether oxygens (including phenoxy) is 1. The van der Waals surface area contributed by atoms with Crippen LogP contribution in [0.3, 0.4) is 0 Å². The number of imidazole rings is 1. The number of hydrogen-bond acceptors (Lipinski definition) is 3. The minimum Gasteiger partial charge on any atom is -0.486 e. The van der Waals surface area contributed by atoms with E-state index < -0.39 is 0 Å². The predicted molar refractivity (Wildman–Crippen MR) is 103 cm³/mol. The number of para-hydroxylation sites is 2. The van der Waals surface area contributed by atoms with E-state index in [9.17, 15) is 4.79 Å². The summed E-state index contributed by atoms with van der Waals surface area (Å²) < 4.78 is 7.76. The lowest BCUT2D eigenvalue weighted by Crippen LogP contribution is -2.35. The Kier molecular flexibility index (Phi) is 5.47. The predicted octanol–water partition coefficient (Wildman–Crippen LogP) is 4.14. The molecule has 1 heterocycles. The number of likely N-dealkylation sites (N-methyl/N-ethyl adjacent to an activating group) is 1. The molecule has 0 N–H and O–H groups in total. The van der Waals surface area contributed by atoms with Crippen molar-refractivity contribution in [3.63, 3.8) is 0 Å². The van der Waals surface area contributed by atoms with Crippen molar-refractivity contribution in [2.75, 3.05) is 7.05 Å². The summed E-state index contributed by atoms with van der Waals surface area (Å²) in [7, 11) is 1.82. The molecule has 0 fully saturated rings. The minimum atomic E-state index is 0.0379. The second-order valence-corrected chi connectivity index (χ2v) is 6.88. The summed E-state index contributed by atoms with van der Waals surface area (Å²) in [5.74, 6) is 1.46. The molecular weight excluding hydrogens is 350 g/mol. The van der Waals surface area contributed by atoms with Crippen molar-refractivity contribution in [3.8, 4) is 5.75 Å². The molecule has 1 aromatic heterocycles. The van der Waals surface area contributed by atoms with Crippen LogP contribution in [0.4, 0.5) is 0 Å². The summed E-state index contributed by atoms with van der Waals surface area (Å²) in [4.78, 5) is 19.0. The van der Waals surface area contributed by atoms with Crippen LogP contribution in [0.15, 0.2) is 48.5 Å². The molecule has 3 rings (SSSR count). The SMILES string of the molecule is CC(C)N(C)C(=O)Cn1c(COc2ccc(Cl)cc2)nc2ccccc21. The fraction of sp³-hybridized carbons (Fsp3) is 0.300. The van der Waals surface area contributed by atoms with Crippen LogP contribution in [0.2, 0.25) is 5.02 Å². The van der Waals surface area contributed by atoms with Crippen LogP contribution in [0.25, 0.3) is 11.0 Å². The van der Waals surface area contributed by atoms with Gasteiger partial charge in [0.15, 0.2) is 0 Å². The Labute approximate surface area is 158 Å². The molecule has 1 amide bonds. The maximum atomic E-state index is 12.6. The number of hydrogen-bond donors (Lipinski definition) is 0. The first kappa shape index (κ1) is 18.3. The van der Waals surface area contributed by atoms with Gasteiger partial charge < -0.3 is 14.2 Å². The van der Waals surface area contributed by atoms with E-state index in [0.29, 0.717) is 16.6 Å². The smallest absolute Gasteiger partial charge is 0.242 e. The van der Waals surface area contributed by atoms with Gasteiger partial charge in [0.2, 0.25) is 5.91 Å². The topological polar surface area (TPSA) is 47.4 Å². The number of halogens is 1. The van der Waals surface area contributed by atoms with Gasteiger partial charge in [-0.3, -0.25) is 4.79 Å². The first-order valence-electron chi connectivity index (χ1n) is 8.54. The maximum Gasteiger partial charge on any atom is 0.242 e. The molecule has 0 saturated heterocycles. The summed E-state index contributed by atoms with van der Waals surface area (Å²) in [5, 5.41) is 0.659. The Morgan fingerprint density at radius 1 is 1.19 bits per heavy atom. The summed E-state index contributed by atoms with van der Waals surface area (Å²) in [6.07, 6.45) is 0. The number of fused-ring (bicyclic) bond motifs is 1. The first-order chi connectivity index (χ1) is 12.5. The van der Waals surface area contributed by atoms with Crippen molar-refractivity contribution in [3.05, 3.63) is 59.4 Å². The minimum absolute atomic E-state index is 0.0379. The maximum absolute atomic E-state index is 12.6. The van der Waals surface area contributed by atoms with E-state index in [2.05, 4.69) is 4.98 Å². The van der Waals surface area contributed by atoms with Crippen LogP contribution in [-0.4, -0.2) is 33.4 Å². The highest BCUT2D eigenvalue weighted by Gasteiger charge is 2.17. The van der Waals surface area contributed by atoms with Crippen molar-refractivity contribution >= 4 is 28.5 Å². The third-order valence-electron chi connectivity index (χ3n) is 4.38. The Morgan fingerprint density at radius 2 is 1.88 bits per heavy atom. The normalized spacial score (nSPS) is 11.1. The van der Waals surface area contributed by atoms with Crippen molar-refractivity contribution < 1.29 is 9.53 Å². The highest BCUT2D eigenvalue weighted by molar-refractivity contribution is 6.30. The quantitative estimate of drug-likeness (QED) is 0.654. The molecule has 0 aliphatic heterocycles. The van der Waals surface area contributed by atoms with Crippen LogP contribution in [-0.2, 0) is 17.9 Å². The summed E-state index contributed by atoms with van der Waals surface area (Å²) in [6, 6.07) is 15.1. The van der Waals surface area contributed by atoms with E-state index in [1.165, 1.54) is 0 Å². The number of rotatable bonds is 6. The highest BCUT2D eigenvalue weighted by atomic mass is 35.5. The molecule has 136 valence electrons. The lowest BCUT2D eigenvalue weighted by Gasteiger charge is -2.22. The number of nitrogens with zero attached hydrogens (tertiary/aromatic N) is 3. The Bertz CT molecular complexity index is 903.